The molecule has 8 heavy (non-hydrogen) atoms. The molecule has 0 saturated heterocycles. The number of rotatable bonds is 3. The van der Waals surface area contributed by atoms with E-state index in [9.17, 15) is 9.00 Å². The van der Waals surface area contributed by atoms with E-state index in [4.69, 9.17) is 5.11 Å². The molecule has 0 aliphatic heterocycles. The third-order valence-electron chi connectivity index (χ3n) is 0.606. The highest BCUT2D eigenvalue weighted by molar-refractivity contribution is 7.85. The molecule has 0 radical (unpaired) electrons. The summed E-state index contributed by atoms with van der Waals surface area (Å²) in [6, 6.07) is 0. The van der Waals surface area contributed by atoms with Crippen LogP contribution in [0.3, 0.4) is 0 Å². The average molecular weight is 136 g/mol. The molecule has 0 amide bonds. The van der Waals surface area contributed by atoms with Crippen LogP contribution in [0.25, 0.3) is 0 Å². The van der Waals surface area contributed by atoms with E-state index in [-0.39, 0.29) is 5.75 Å². The summed E-state index contributed by atoms with van der Waals surface area (Å²) >= 11 is 0. The topological polar surface area (TPSA) is 54.4 Å². The second-order valence-electron chi connectivity index (χ2n) is 1.27. The Morgan fingerprint density at radius 1 is 1.75 bits per heavy atom. The molecule has 0 aliphatic carbocycles. The predicted molar refractivity (Wildman–Crippen MR) is 31.2 cm³/mol. The molecule has 0 aromatic carbocycles. The lowest BCUT2D eigenvalue weighted by molar-refractivity contribution is -0.133. The van der Waals surface area contributed by atoms with Crippen LogP contribution in [-0.4, -0.2) is 26.8 Å². The van der Waals surface area contributed by atoms with Crippen molar-refractivity contribution in [2.75, 3.05) is 11.5 Å². The molecular formula is C4H8O3S. The van der Waals surface area contributed by atoms with Gasteiger partial charge >= 0.3 is 5.97 Å². The minimum absolute atomic E-state index is 0.226. The number of carboxylic acids is 1. The highest BCUT2D eigenvalue weighted by Crippen LogP contribution is 1.78. The summed E-state index contributed by atoms with van der Waals surface area (Å²) in [5, 5.41) is 8.02. The van der Waals surface area contributed by atoms with Crippen molar-refractivity contribution in [3.8, 4) is 0 Å². The van der Waals surface area contributed by atoms with Crippen molar-refractivity contribution >= 4 is 16.8 Å². The normalized spacial score (nSPS) is 13.1. The van der Waals surface area contributed by atoms with Gasteiger partial charge in [0.1, 0.15) is 5.75 Å². The van der Waals surface area contributed by atoms with Crippen LogP contribution in [0.2, 0.25) is 0 Å². The van der Waals surface area contributed by atoms with E-state index < -0.39 is 16.8 Å². The fourth-order valence-electron chi connectivity index (χ4n) is 0.240. The predicted octanol–water partition coefficient (Wildman–Crippen LogP) is -0.160. The summed E-state index contributed by atoms with van der Waals surface area (Å²) < 4.78 is 10.4. The van der Waals surface area contributed by atoms with Gasteiger partial charge in [-0.1, -0.05) is 6.92 Å². The van der Waals surface area contributed by atoms with E-state index in [1.54, 1.807) is 6.92 Å². The molecule has 0 rings (SSSR count). The van der Waals surface area contributed by atoms with Crippen LogP contribution in [0.5, 0.6) is 0 Å². The van der Waals surface area contributed by atoms with Gasteiger partial charge in [-0.25, -0.2) is 0 Å². The summed E-state index contributed by atoms with van der Waals surface area (Å²) in [5.74, 6) is -0.798. The van der Waals surface area contributed by atoms with E-state index in [0.29, 0.717) is 5.75 Å². The summed E-state index contributed by atoms with van der Waals surface area (Å²) in [5.41, 5.74) is 0. The van der Waals surface area contributed by atoms with E-state index in [1.165, 1.54) is 0 Å². The van der Waals surface area contributed by atoms with Crippen LogP contribution in [0.1, 0.15) is 6.92 Å². The first-order valence-corrected chi connectivity index (χ1v) is 3.72. The maximum Gasteiger partial charge on any atom is 0.316 e. The molecule has 4 heteroatoms. The monoisotopic (exact) mass is 136 g/mol. The van der Waals surface area contributed by atoms with Gasteiger partial charge in [-0.3, -0.25) is 9.00 Å². The van der Waals surface area contributed by atoms with Crippen LogP contribution in [0.4, 0.5) is 0 Å². The van der Waals surface area contributed by atoms with Gasteiger partial charge < -0.3 is 5.11 Å². The van der Waals surface area contributed by atoms with Crippen molar-refractivity contribution in [3.05, 3.63) is 0 Å². The SMILES string of the molecule is CCS(=O)CC(=O)O. The van der Waals surface area contributed by atoms with Crippen LogP contribution in [0.15, 0.2) is 0 Å². The largest absolute Gasteiger partial charge is 0.481 e. The smallest absolute Gasteiger partial charge is 0.316 e. The zero-order chi connectivity index (χ0) is 6.57. The van der Waals surface area contributed by atoms with E-state index in [0.717, 1.165) is 0 Å². The molecule has 3 nitrogen and oxygen atoms in total. The highest BCUT2D eigenvalue weighted by atomic mass is 32.2. The van der Waals surface area contributed by atoms with Crippen molar-refractivity contribution < 1.29 is 14.1 Å². The average Bonchev–Trinajstić information content (AvgIpc) is 1.65. The third kappa shape index (κ3) is 3.80. The summed E-state index contributed by atoms with van der Waals surface area (Å²) in [6.07, 6.45) is 0. The van der Waals surface area contributed by atoms with Crippen LogP contribution in [0, 0.1) is 0 Å². The quantitative estimate of drug-likeness (QED) is 0.586. The molecule has 0 fully saturated rings. The fourth-order valence-corrected chi connectivity index (χ4v) is 0.719. The van der Waals surface area contributed by atoms with E-state index in [2.05, 4.69) is 0 Å². The van der Waals surface area contributed by atoms with Gasteiger partial charge in [0, 0.05) is 16.6 Å². The molecule has 0 saturated carbocycles. The van der Waals surface area contributed by atoms with Crippen molar-refractivity contribution in [2.45, 2.75) is 6.92 Å². The Morgan fingerprint density at radius 2 is 2.25 bits per heavy atom. The van der Waals surface area contributed by atoms with Gasteiger partial charge in [0.15, 0.2) is 0 Å². The summed E-state index contributed by atoms with van der Waals surface area (Å²) in [7, 11) is -1.16. The van der Waals surface area contributed by atoms with Gasteiger partial charge in [-0.15, -0.1) is 0 Å². The zero-order valence-corrected chi connectivity index (χ0v) is 5.40. The Hall–Kier alpha value is -0.380. The highest BCUT2D eigenvalue weighted by Gasteiger charge is 2.00. The third-order valence-corrected chi connectivity index (χ3v) is 1.82. The number of aliphatic carboxylic acids is 1. The minimum Gasteiger partial charge on any atom is -0.481 e. The maximum atomic E-state index is 10.4. The van der Waals surface area contributed by atoms with Crippen LogP contribution < -0.4 is 0 Å². The Kier molecular flexibility index (Phi) is 3.43. The molecule has 1 atom stereocenters. The second-order valence-corrected chi connectivity index (χ2v) is 3.01. The second kappa shape index (κ2) is 3.60. The molecular weight excluding hydrogens is 128 g/mol. The molecule has 0 aliphatic rings. The van der Waals surface area contributed by atoms with Crippen molar-refractivity contribution in [1.82, 2.24) is 0 Å². The molecule has 0 heterocycles. The van der Waals surface area contributed by atoms with Crippen molar-refractivity contribution in [2.24, 2.45) is 0 Å². The number of hydrogen-bond donors (Lipinski definition) is 1. The fraction of sp³-hybridized carbons (Fsp3) is 0.750. The Labute approximate surface area is 50.2 Å². The van der Waals surface area contributed by atoms with Gasteiger partial charge in [-0.05, 0) is 0 Å². The van der Waals surface area contributed by atoms with Crippen LogP contribution >= 0.6 is 0 Å². The van der Waals surface area contributed by atoms with Gasteiger partial charge in [0.05, 0.1) is 0 Å². The molecule has 0 spiro atoms. The lowest BCUT2D eigenvalue weighted by atomic mass is 10.8. The van der Waals surface area contributed by atoms with Crippen molar-refractivity contribution in [1.29, 1.82) is 0 Å². The first kappa shape index (κ1) is 7.62. The summed E-state index contributed by atoms with van der Waals surface area (Å²) in [4.78, 5) is 9.78. The number of carbonyl (C=O) groups is 1. The van der Waals surface area contributed by atoms with Crippen molar-refractivity contribution in [3.63, 3.8) is 0 Å². The molecule has 48 valence electrons. The first-order chi connectivity index (χ1) is 3.66. The zero-order valence-electron chi connectivity index (χ0n) is 4.59. The van der Waals surface area contributed by atoms with E-state index in [1.807, 2.05) is 0 Å². The van der Waals surface area contributed by atoms with Gasteiger partial charge in [-0.2, -0.15) is 0 Å². The molecule has 0 aromatic heterocycles. The van der Waals surface area contributed by atoms with Gasteiger partial charge in [0.25, 0.3) is 0 Å². The Morgan fingerprint density at radius 3 is 2.38 bits per heavy atom. The molecule has 0 bridgehead atoms. The molecule has 1 N–H and O–H groups in total. The van der Waals surface area contributed by atoms with Gasteiger partial charge in [0.2, 0.25) is 0 Å². The Bertz CT molecular complexity index is 110. The first-order valence-electron chi connectivity index (χ1n) is 2.23. The lowest BCUT2D eigenvalue weighted by Gasteiger charge is -1.88. The minimum atomic E-state index is -1.16. The van der Waals surface area contributed by atoms with Crippen LogP contribution in [-0.2, 0) is 15.6 Å². The maximum absolute atomic E-state index is 10.4. The standard InChI is InChI=1S/C4H8O3S/c1-2-8(7)3-4(5)6/h2-3H2,1H3,(H,5,6). The lowest BCUT2D eigenvalue weighted by Crippen LogP contribution is -2.09. The van der Waals surface area contributed by atoms with E-state index >= 15 is 0 Å². The number of hydrogen-bond acceptors (Lipinski definition) is 2. The molecule has 0 aromatic rings. The molecule has 1 unspecified atom stereocenters. The Balaban J connectivity index is 3.40. The number of carboxylic acid groups (broad SMARTS) is 1. The summed E-state index contributed by atoms with van der Waals surface area (Å²) in [6.45, 7) is 1.69.